The molecule has 192 valence electrons. The highest BCUT2D eigenvalue weighted by Gasteiger charge is 2.16. The molecule has 5 heterocycles. The van der Waals surface area contributed by atoms with Crippen LogP contribution in [0, 0.1) is 0 Å². The third kappa shape index (κ3) is 6.02. The van der Waals surface area contributed by atoms with Crippen LogP contribution in [0.25, 0.3) is 22.3 Å². The number of fused-ring (bicyclic) bond motifs is 2. The van der Waals surface area contributed by atoms with Crippen LogP contribution in [0.2, 0.25) is 0 Å². The smallest absolute Gasteiger partial charge is 0.182 e. The molecular weight excluding hydrogens is 468 g/mol. The maximum atomic E-state index is 5.84. The average molecular weight is 499 g/mol. The van der Waals surface area contributed by atoms with E-state index in [9.17, 15) is 0 Å². The molecule has 14 nitrogen and oxygen atoms in total. The number of nitrogens with one attached hydrogen (secondary N) is 2. The van der Waals surface area contributed by atoms with Crippen molar-refractivity contribution in [2.45, 2.75) is 0 Å². The molecule has 1 aliphatic rings. The van der Waals surface area contributed by atoms with Gasteiger partial charge in [-0.15, -0.1) is 0 Å². The standard InChI is InChI=1S/C22H30N10O4/c1-5-33-9-10-35-7-3-32(22-18-20(26-14-24-18)28-16-30-22)4-8-36-12-11-34-6-2-31(1)21-17-19(25-13-23-17)27-15-29-21/h13-16H,1-12H2,(H,23,25,27,29)(H,24,26,28,30). The first-order valence-corrected chi connectivity index (χ1v) is 12.0. The van der Waals surface area contributed by atoms with Crippen LogP contribution in [0.1, 0.15) is 0 Å². The summed E-state index contributed by atoms with van der Waals surface area (Å²) in [4.78, 5) is 36.3. The second-order valence-corrected chi connectivity index (χ2v) is 8.02. The average Bonchev–Trinajstić information content (AvgIpc) is 3.58. The first-order valence-electron chi connectivity index (χ1n) is 12.0. The van der Waals surface area contributed by atoms with Crippen LogP contribution < -0.4 is 9.80 Å². The molecule has 0 bridgehead atoms. The molecule has 0 unspecified atom stereocenters. The van der Waals surface area contributed by atoms with Gasteiger partial charge in [0.15, 0.2) is 22.9 Å². The predicted octanol–water partition coefficient (Wildman–Crippen LogP) is 0.412. The fourth-order valence-corrected chi connectivity index (χ4v) is 3.97. The fraction of sp³-hybridized carbons (Fsp3) is 0.545. The summed E-state index contributed by atoms with van der Waals surface area (Å²) in [6, 6.07) is 0. The zero-order valence-electron chi connectivity index (χ0n) is 20.0. The number of ether oxygens (including phenoxy) is 4. The number of anilines is 2. The summed E-state index contributed by atoms with van der Waals surface area (Å²) in [5.41, 5.74) is 2.86. The van der Waals surface area contributed by atoms with Gasteiger partial charge in [-0.25, -0.2) is 29.9 Å². The van der Waals surface area contributed by atoms with E-state index < -0.39 is 0 Å². The Labute approximate surface area is 207 Å². The van der Waals surface area contributed by atoms with Gasteiger partial charge in [0, 0.05) is 26.2 Å². The SMILES string of the molecule is c1nc(N2CCOCCOCCN(c3ncnc4nc[nH]c34)CCOCCOCC2)c2[nH]cnc2n1. The predicted molar refractivity (Wildman–Crippen MR) is 131 cm³/mol. The number of rotatable bonds is 2. The van der Waals surface area contributed by atoms with Crippen molar-refractivity contribution in [3.63, 3.8) is 0 Å². The van der Waals surface area contributed by atoms with Crippen LogP contribution in [0.15, 0.2) is 25.3 Å². The normalized spacial score (nSPS) is 18.3. The number of hydrogen-bond donors (Lipinski definition) is 2. The number of H-pyrrole nitrogens is 2. The summed E-state index contributed by atoms with van der Waals surface area (Å²) < 4.78 is 23.4. The van der Waals surface area contributed by atoms with Crippen molar-refractivity contribution in [3.05, 3.63) is 25.3 Å². The fourth-order valence-electron chi connectivity index (χ4n) is 3.97. The lowest BCUT2D eigenvalue weighted by Crippen LogP contribution is -2.34. The minimum absolute atomic E-state index is 0.495. The van der Waals surface area contributed by atoms with E-state index in [2.05, 4.69) is 49.7 Å². The minimum Gasteiger partial charge on any atom is -0.377 e. The molecule has 4 aromatic rings. The summed E-state index contributed by atoms with van der Waals surface area (Å²) in [5, 5.41) is 0. The summed E-state index contributed by atoms with van der Waals surface area (Å²) in [7, 11) is 0. The van der Waals surface area contributed by atoms with E-state index >= 15 is 0 Å². The molecule has 0 aliphatic carbocycles. The Morgan fingerprint density at radius 3 is 1.28 bits per heavy atom. The first kappa shape index (κ1) is 24.2. The van der Waals surface area contributed by atoms with E-state index in [0.717, 1.165) is 22.7 Å². The van der Waals surface area contributed by atoms with E-state index in [0.29, 0.717) is 90.3 Å². The van der Waals surface area contributed by atoms with Gasteiger partial charge in [0.2, 0.25) is 0 Å². The molecule has 2 N–H and O–H groups in total. The second-order valence-electron chi connectivity index (χ2n) is 8.02. The summed E-state index contributed by atoms with van der Waals surface area (Å²) in [6.45, 7) is 6.66. The lowest BCUT2D eigenvalue weighted by atomic mass is 10.4. The lowest BCUT2D eigenvalue weighted by molar-refractivity contribution is 0.0435. The highest BCUT2D eigenvalue weighted by molar-refractivity contribution is 5.83. The van der Waals surface area contributed by atoms with Gasteiger partial charge in [0.1, 0.15) is 23.7 Å². The quantitative estimate of drug-likeness (QED) is 0.394. The van der Waals surface area contributed by atoms with Crippen molar-refractivity contribution in [3.8, 4) is 0 Å². The van der Waals surface area contributed by atoms with Crippen molar-refractivity contribution in [1.82, 2.24) is 39.9 Å². The van der Waals surface area contributed by atoms with Crippen molar-refractivity contribution in [1.29, 1.82) is 0 Å². The number of aromatic amines is 2. The number of imidazole rings is 2. The van der Waals surface area contributed by atoms with Crippen LogP contribution in [-0.2, 0) is 18.9 Å². The number of aromatic nitrogens is 8. The molecule has 4 aromatic heterocycles. The largest absolute Gasteiger partial charge is 0.377 e. The van der Waals surface area contributed by atoms with Crippen molar-refractivity contribution >= 4 is 34.0 Å². The summed E-state index contributed by atoms with van der Waals surface area (Å²) >= 11 is 0. The molecule has 0 radical (unpaired) electrons. The van der Waals surface area contributed by atoms with Gasteiger partial charge in [-0.3, -0.25) is 0 Å². The maximum absolute atomic E-state index is 5.84. The molecule has 0 spiro atoms. The second kappa shape index (κ2) is 12.5. The minimum atomic E-state index is 0.495. The van der Waals surface area contributed by atoms with Crippen molar-refractivity contribution in [2.24, 2.45) is 0 Å². The van der Waals surface area contributed by atoms with Crippen LogP contribution in [0.5, 0.6) is 0 Å². The van der Waals surface area contributed by atoms with Crippen molar-refractivity contribution < 1.29 is 18.9 Å². The van der Waals surface area contributed by atoms with Gasteiger partial charge in [-0.2, -0.15) is 0 Å². The van der Waals surface area contributed by atoms with Crippen LogP contribution >= 0.6 is 0 Å². The molecule has 0 amide bonds. The van der Waals surface area contributed by atoms with E-state index in [1.54, 1.807) is 12.7 Å². The molecule has 14 heteroatoms. The van der Waals surface area contributed by atoms with Gasteiger partial charge >= 0.3 is 0 Å². The highest BCUT2D eigenvalue weighted by Crippen LogP contribution is 2.20. The van der Waals surface area contributed by atoms with Gasteiger partial charge in [-0.1, -0.05) is 0 Å². The Balaban J connectivity index is 1.18. The van der Waals surface area contributed by atoms with Crippen LogP contribution in [0.3, 0.4) is 0 Å². The van der Waals surface area contributed by atoms with Gasteiger partial charge in [0.05, 0.1) is 65.5 Å². The maximum Gasteiger partial charge on any atom is 0.182 e. The van der Waals surface area contributed by atoms with Crippen LogP contribution in [-0.4, -0.2) is 119 Å². The zero-order chi connectivity index (χ0) is 24.4. The van der Waals surface area contributed by atoms with Crippen molar-refractivity contribution in [2.75, 3.05) is 88.8 Å². The summed E-state index contributed by atoms with van der Waals surface area (Å²) in [5.74, 6) is 1.56. The van der Waals surface area contributed by atoms with Crippen LogP contribution in [0.4, 0.5) is 11.6 Å². The molecular formula is C22H30N10O4. The van der Waals surface area contributed by atoms with Gasteiger partial charge in [0.25, 0.3) is 0 Å². The molecule has 5 rings (SSSR count). The molecule has 1 fully saturated rings. The molecule has 1 saturated heterocycles. The summed E-state index contributed by atoms with van der Waals surface area (Å²) in [6.07, 6.45) is 6.29. The first-order chi connectivity index (χ1) is 17.9. The van der Waals surface area contributed by atoms with Gasteiger partial charge < -0.3 is 38.7 Å². The third-order valence-corrected chi connectivity index (χ3v) is 5.77. The van der Waals surface area contributed by atoms with E-state index in [-0.39, 0.29) is 0 Å². The molecule has 1 aliphatic heterocycles. The van der Waals surface area contributed by atoms with E-state index in [4.69, 9.17) is 18.9 Å². The molecule has 36 heavy (non-hydrogen) atoms. The Morgan fingerprint density at radius 2 is 0.889 bits per heavy atom. The lowest BCUT2D eigenvalue weighted by Gasteiger charge is -2.25. The molecule has 0 aromatic carbocycles. The Bertz CT molecular complexity index is 1100. The monoisotopic (exact) mass is 498 g/mol. The molecule has 0 saturated carbocycles. The number of hydrogen-bond acceptors (Lipinski definition) is 12. The topological polar surface area (TPSA) is 152 Å². The Kier molecular flexibility index (Phi) is 8.41. The zero-order valence-corrected chi connectivity index (χ0v) is 20.0. The Morgan fingerprint density at radius 1 is 0.500 bits per heavy atom. The Hall–Kier alpha value is -3.46. The van der Waals surface area contributed by atoms with E-state index in [1.807, 2.05) is 0 Å². The highest BCUT2D eigenvalue weighted by atomic mass is 16.5. The van der Waals surface area contributed by atoms with Gasteiger partial charge in [-0.05, 0) is 0 Å². The third-order valence-electron chi connectivity index (χ3n) is 5.77. The number of nitrogens with zero attached hydrogens (tertiary/aromatic N) is 8. The molecule has 0 atom stereocenters. The van der Waals surface area contributed by atoms with E-state index in [1.165, 1.54) is 12.7 Å².